The lowest BCUT2D eigenvalue weighted by atomic mass is 10.0. The van der Waals surface area contributed by atoms with Crippen molar-refractivity contribution in [3.05, 3.63) is 74.8 Å². The van der Waals surface area contributed by atoms with Crippen LogP contribution in [-0.4, -0.2) is 16.7 Å². The number of ketones is 2. The lowest BCUT2D eigenvalue weighted by molar-refractivity contribution is 0.0965. The molecule has 0 aliphatic heterocycles. The van der Waals surface area contributed by atoms with Gasteiger partial charge in [0.05, 0.1) is 5.02 Å². The van der Waals surface area contributed by atoms with Crippen molar-refractivity contribution >= 4 is 40.5 Å². The highest BCUT2D eigenvalue weighted by molar-refractivity contribution is 6.42. The molecule has 0 saturated carbocycles. The maximum Gasteiger partial charge on any atom is 0.202 e. The molecular formula is C16H8Cl2O3. The van der Waals surface area contributed by atoms with Crippen molar-refractivity contribution in [3.63, 3.8) is 0 Å². The Kier molecular flexibility index (Phi) is 3.32. The first kappa shape index (κ1) is 13.9. The molecule has 0 amide bonds. The monoisotopic (exact) mass is 318 g/mol. The van der Waals surface area contributed by atoms with Crippen LogP contribution in [0.3, 0.4) is 0 Å². The van der Waals surface area contributed by atoms with Gasteiger partial charge in [-0.15, -0.1) is 0 Å². The van der Waals surface area contributed by atoms with Gasteiger partial charge in [0, 0.05) is 21.7 Å². The number of aliphatic hydroxyl groups excluding tert-OH is 1. The van der Waals surface area contributed by atoms with Crippen molar-refractivity contribution in [2.45, 2.75) is 0 Å². The minimum absolute atomic E-state index is 0.128. The largest absolute Gasteiger partial charge is 0.506 e. The molecule has 1 aliphatic rings. The van der Waals surface area contributed by atoms with Gasteiger partial charge in [0.1, 0.15) is 11.3 Å². The zero-order valence-corrected chi connectivity index (χ0v) is 12.1. The van der Waals surface area contributed by atoms with E-state index in [4.69, 9.17) is 23.2 Å². The quantitative estimate of drug-likeness (QED) is 0.662. The summed E-state index contributed by atoms with van der Waals surface area (Å²) in [6, 6.07) is 10.9. The number of carbonyl (C=O) groups is 2. The number of benzene rings is 2. The van der Waals surface area contributed by atoms with Crippen LogP contribution in [0.2, 0.25) is 10.0 Å². The Balaban J connectivity index is 2.12. The first-order valence-electron chi connectivity index (χ1n) is 6.08. The van der Waals surface area contributed by atoms with Crippen LogP contribution < -0.4 is 0 Å². The van der Waals surface area contributed by atoms with Gasteiger partial charge in [-0.1, -0.05) is 47.5 Å². The standard InChI is InChI=1S/C16H8Cl2O3/c17-8-5-6-11(12(18)7-8)16(21)13-14(19)9-3-1-2-4-10(9)15(13)20/h1-7,19H. The van der Waals surface area contributed by atoms with E-state index >= 15 is 0 Å². The Morgan fingerprint density at radius 1 is 1.00 bits per heavy atom. The Morgan fingerprint density at radius 3 is 2.29 bits per heavy atom. The predicted molar refractivity (Wildman–Crippen MR) is 81.1 cm³/mol. The van der Waals surface area contributed by atoms with Gasteiger partial charge in [0.15, 0.2) is 0 Å². The summed E-state index contributed by atoms with van der Waals surface area (Å²) in [4.78, 5) is 24.8. The van der Waals surface area contributed by atoms with E-state index < -0.39 is 11.6 Å². The topological polar surface area (TPSA) is 54.4 Å². The molecule has 0 aromatic heterocycles. The molecule has 104 valence electrons. The van der Waals surface area contributed by atoms with Crippen LogP contribution >= 0.6 is 23.2 Å². The molecular weight excluding hydrogens is 311 g/mol. The number of halogens is 2. The van der Waals surface area contributed by atoms with Crippen LogP contribution in [0, 0.1) is 0 Å². The van der Waals surface area contributed by atoms with Crippen LogP contribution in [0.15, 0.2) is 48.0 Å². The highest BCUT2D eigenvalue weighted by atomic mass is 35.5. The van der Waals surface area contributed by atoms with Gasteiger partial charge < -0.3 is 5.11 Å². The van der Waals surface area contributed by atoms with E-state index in [1.54, 1.807) is 24.3 Å². The first-order chi connectivity index (χ1) is 10.0. The van der Waals surface area contributed by atoms with E-state index in [1.807, 2.05) is 0 Å². The average Bonchev–Trinajstić information content (AvgIpc) is 2.71. The van der Waals surface area contributed by atoms with Gasteiger partial charge in [-0.05, 0) is 18.2 Å². The molecule has 0 spiro atoms. The summed E-state index contributed by atoms with van der Waals surface area (Å²) in [5.74, 6) is -1.43. The van der Waals surface area contributed by atoms with Gasteiger partial charge >= 0.3 is 0 Å². The fourth-order valence-electron chi connectivity index (χ4n) is 2.28. The number of hydrogen-bond donors (Lipinski definition) is 1. The molecule has 1 N–H and O–H groups in total. The molecule has 2 aromatic rings. The first-order valence-corrected chi connectivity index (χ1v) is 6.83. The van der Waals surface area contributed by atoms with E-state index in [9.17, 15) is 14.7 Å². The Hall–Kier alpha value is -2.10. The van der Waals surface area contributed by atoms with Gasteiger partial charge in [0.25, 0.3) is 0 Å². The summed E-state index contributed by atoms with van der Waals surface area (Å²) < 4.78 is 0. The number of hydrogen-bond acceptors (Lipinski definition) is 3. The van der Waals surface area contributed by atoms with E-state index in [0.717, 1.165) is 0 Å². The summed E-state index contributed by atoms with van der Waals surface area (Å²) in [6.45, 7) is 0. The molecule has 5 heteroatoms. The Labute approximate surface area is 130 Å². The fraction of sp³-hybridized carbons (Fsp3) is 0. The maximum atomic E-state index is 12.5. The third-order valence-electron chi connectivity index (χ3n) is 3.29. The molecule has 2 aromatic carbocycles. The van der Waals surface area contributed by atoms with Crippen LogP contribution in [0.4, 0.5) is 0 Å². The van der Waals surface area contributed by atoms with Gasteiger partial charge in [-0.3, -0.25) is 9.59 Å². The number of aliphatic hydroxyl groups is 1. The highest BCUT2D eigenvalue weighted by Gasteiger charge is 2.34. The number of rotatable bonds is 2. The second-order valence-corrected chi connectivity index (χ2v) is 5.40. The van der Waals surface area contributed by atoms with Crippen LogP contribution in [0.5, 0.6) is 0 Å². The van der Waals surface area contributed by atoms with Crippen molar-refractivity contribution in [2.75, 3.05) is 0 Å². The van der Waals surface area contributed by atoms with Crippen molar-refractivity contribution in [1.82, 2.24) is 0 Å². The van der Waals surface area contributed by atoms with Crippen LogP contribution in [-0.2, 0) is 0 Å². The molecule has 0 heterocycles. The summed E-state index contributed by atoms with van der Waals surface area (Å²) in [6.07, 6.45) is 0. The lowest BCUT2D eigenvalue weighted by Crippen LogP contribution is -2.11. The summed E-state index contributed by atoms with van der Waals surface area (Å²) in [5.41, 5.74) is 0.531. The lowest BCUT2D eigenvalue weighted by Gasteiger charge is -2.04. The van der Waals surface area contributed by atoms with Crippen molar-refractivity contribution in [1.29, 1.82) is 0 Å². The molecule has 0 saturated heterocycles. The number of Topliss-reactive ketones (excluding diaryl/α,β-unsaturated/α-hetero) is 2. The molecule has 3 rings (SSSR count). The minimum Gasteiger partial charge on any atom is -0.506 e. The molecule has 0 bridgehead atoms. The smallest absolute Gasteiger partial charge is 0.202 e. The van der Waals surface area contributed by atoms with Gasteiger partial charge in [0.2, 0.25) is 11.6 Å². The third kappa shape index (κ3) is 2.15. The van der Waals surface area contributed by atoms with Gasteiger partial charge in [-0.25, -0.2) is 0 Å². The molecule has 21 heavy (non-hydrogen) atoms. The molecule has 1 aliphatic carbocycles. The molecule has 0 atom stereocenters. The van der Waals surface area contributed by atoms with Crippen molar-refractivity contribution in [2.24, 2.45) is 0 Å². The van der Waals surface area contributed by atoms with Crippen molar-refractivity contribution in [3.8, 4) is 0 Å². The maximum absolute atomic E-state index is 12.5. The van der Waals surface area contributed by atoms with Gasteiger partial charge in [-0.2, -0.15) is 0 Å². The summed E-state index contributed by atoms with van der Waals surface area (Å²) in [5, 5.41) is 10.7. The summed E-state index contributed by atoms with van der Waals surface area (Å²) >= 11 is 11.8. The Morgan fingerprint density at radius 2 is 1.67 bits per heavy atom. The highest BCUT2D eigenvalue weighted by Crippen LogP contribution is 2.34. The second kappa shape index (κ2) is 5.02. The molecule has 0 radical (unpaired) electrons. The molecule has 0 unspecified atom stereocenters. The number of fused-ring (bicyclic) bond motifs is 1. The van der Waals surface area contributed by atoms with Crippen LogP contribution in [0.1, 0.15) is 26.3 Å². The van der Waals surface area contributed by atoms with Crippen LogP contribution in [0.25, 0.3) is 5.76 Å². The number of carbonyl (C=O) groups excluding carboxylic acids is 2. The molecule has 0 fully saturated rings. The van der Waals surface area contributed by atoms with Crippen molar-refractivity contribution < 1.29 is 14.7 Å². The third-order valence-corrected chi connectivity index (χ3v) is 3.84. The zero-order chi connectivity index (χ0) is 15.1. The van der Waals surface area contributed by atoms with E-state index in [-0.39, 0.29) is 21.9 Å². The molecule has 3 nitrogen and oxygen atoms in total. The summed E-state index contributed by atoms with van der Waals surface area (Å²) in [7, 11) is 0. The normalized spacial score (nSPS) is 13.5. The predicted octanol–water partition coefficient (Wildman–Crippen LogP) is 4.34. The zero-order valence-electron chi connectivity index (χ0n) is 10.6. The fourth-order valence-corrected chi connectivity index (χ4v) is 2.78. The second-order valence-electron chi connectivity index (χ2n) is 4.55. The average molecular weight is 319 g/mol. The number of allylic oxidation sites excluding steroid dienone is 1. The van der Waals surface area contributed by atoms with E-state index in [0.29, 0.717) is 16.1 Å². The SMILES string of the molecule is O=C(C1=C(O)c2ccccc2C1=O)c1ccc(Cl)cc1Cl. The van der Waals surface area contributed by atoms with E-state index in [2.05, 4.69) is 0 Å². The minimum atomic E-state index is -0.615. The van der Waals surface area contributed by atoms with E-state index in [1.165, 1.54) is 18.2 Å². The Bertz CT molecular complexity index is 822.